The minimum absolute atomic E-state index is 0.00296. The van der Waals surface area contributed by atoms with E-state index in [4.69, 9.17) is 15.0 Å². The molecule has 1 fully saturated rings. The number of hydrogen-bond donors (Lipinski definition) is 1. The summed E-state index contributed by atoms with van der Waals surface area (Å²) in [5, 5.41) is 6.35. The van der Waals surface area contributed by atoms with E-state index in [9.17, 15) is 14.4 Å². The quantitative estimate of drug-likeness (QED) is 0.190. The fourth-order valence-electron chi connectivity index (χ4n) is 2.93. The Labute approximate surface area is 154 Å². The number of methoxy groups -OCH3 is 3. The van der Waals surface area contributed by atoms with E-state index in [0.717, 1.165) is 14.2 Å². The number of ether oxygens (including phenoxy) is 3. The lowest BCUT2D eigenvalue weighted by molar-refractivity contribution is -0.162. The highest BCUT2D eigenvalue weighted by Gasteiger charge is 2.59. The number of azide groups is 1. The molecule has 1 N–H and O–H groups in total. The smallest absolute Gasteiger partial charge is 0.359 e. The van der Waals surface area contributed by atoms with E-state index >= 15 is 0 Å². The van der Waals surface area contributed by atoms with Crippen LogP contribution in [0.15, 0.2) is 29.4 Å². The lowest BCUT2D eigenvalue weighted by Crippen LogP contribution is -2.65. The summed E-state index contributed by atoms with van der Waals surface area (Å²) in [5.41, 5.74) is 7.35. The van der Waals surface area contributed by atoms with Crippen molar-refractivity contribution in [1.82, 2.24) is 5.32 Å². The van der Waals surface area contributed by atoms with Crippen molar-refractivity contribution in [2.24, 2.45) is 5.11 Å². The van der Waals surface area contributed by atoms with E-state index in [1.807, 2.05) is 0 Å². The van der Waals surface area contributed by atoms with E-state index in [0.29, 0.717) is 11.3 Å². The molecule has 1 atom stereocenters. The van der Waals surface area contributed by atoms with Gasteiger partial charge in [-0.05, 0) is 29.8 Å². The number of hydrogen-bond acceptors (Lipinski definition) is 9. The van der Waals surface area contributed by atoms with E-state index < -0.39 is 29.6 Å². The van der Waals surface area contributed by atoms with Crippen molar-refractivity contribution in [1.29, 1.82) is 0 Å². The van der Waals surface area contributed by atoms with Gasteiger partial charge in [0.05, 0.1) is 26.9 Å². The van der Waals surface area contributed by atoms with Crippen LogP contribution >= 0.6 is 0 Å². The van der Waals surface area contributed by atoms with Crippen molar-refractivity contribution in [3.8, 4) is 0 Å². The van der Waals surface area contributed by atoms with Gasteiger partial charge in [0.25, 0.3) is 5.66 Å². The summed E-state index contributed by atoms with van der Waals surface area (Å²) in [6.45, 7) is 0.157. The second kappa shape index (κ2) is 8.39. The van der Waals surface area contributed by atoms with Crippen LogP contribution in [-0.2, 0) is 23.8 Å². The first-order valence-electron chi connectivity index (χ1n) is 7.86. The molecule has 0 amide bonds. The van der Waals surface area contributed by atoms with Crippen LogP contribution in [0.5, 0.6) is 0 Å². The van der Waals surface area contributed by atoms with Gasteiger partial charge in [0.2, 0.25) is 0 Å². The summed E-state index contributed by atoms with van der Waals surface area (Å²) in [4.78, 5) is 40.9. The zero-order chi connectivity index (χ0) is 20.0. The van der Waals surface area contributed by atoms with E-state index in [-0.39, 0.29) is 13.1 Å². The molecule has 1 heterocycles. The van der Waals surface area contributed by atoms with Crippen LogP contribution < -0.4 is 10.2 Å². The molecule has 0 bridgehead atoms. The predicted octanol–water partition coefficient (Wildman–Crippen LogP) is 0.604. The van der Waals surface area contributed by atoms with Crippen LogP contribution in [0, 0.1) is 0 Å². The van der Waals surface area contributed by atoms with Crippen molar-refractivity contribution >= 4 is 23.6 Å². The highest BCUT2D eigenvalue weighted by molar-refractivity contribution is 6.08. The molecular weight excluding hydrogens is 358 g/mol. The standard InChI is InChI=1S/C16H19N5O6/c1-25-13(22)10-4-6-12(7-5-10)21-9-11(8-18-20-17)19-16(21,14(23)26-2)15(24)27-3/h4-7,11,19H,8-9H2,1-3H3/t11-/m1/s1. The van der Waals surface area contributed by atoms with E-state index in [1.165, 1.54) is 24.1 Å². The lowest BCUT2D eigenvalue weighted by Gasteiger charge is -2.34. The number of carbonyl (C=O) groups excluding carboxylic acids is 3. The van der Waals surface area contributed by atoms with Crippen LogP contribution in [0.1, 0.15) is 10.4 Å². The zero-order valence-corrected chi connectivity index (χ0v) is 15.0. The third-order valence-corrected chi connectivity index (χ3v) is 4.15. The first kappa shape index (κ1) is 20.0. The fraction of sp³-hybridized carbons (Fsp3) is 0.438. The van der Waals surface area contributed by atoms with Gasteiger partial charge in [-0.2, -0.15) is 0 Å². The molecule has 11 heteroatoms. The molecule has 0 aromatic heterocycles. The van der Waals surface area contributed by atoms with E-state index in [1.54, 1.807) is 12.1 Å². The van der Waals surface area contributed by atoms with Crippen LogP contribution in [-0.4, -0.2) is 64.0 Å². The second-order valence-corrected chi connectivity index (χ2v) is 5.60. The van der Waals surface area contributed by atoms with Crippen molar-refractivity contribution < 1.29 is 28.6 Å². The number of nitrogens with one attached hydrogen (secondary N) is 1. The highest BCUT2D eigenvalue weighted by Crippen LogP contribution is 2.31. The minimum Gasteiger partial charge on any atom is -0.466 e. The van der Waals surface area contributed by atoms with E-state index in [2.05, 4.69) is 20.1 Å². The van der Waals surface area contributed by atoms with Gasteiger partial charge < -0.3 is 19.1 Å². The fourth-order valence-corrected chi connectivity index (χ4v) is 2.93. The Bertz CT molecular complexity index is 758. The molecular formula is C16H19N5O6. The minimum atomic E-state index is -1.95. The summed E-state index contributed by atoms with van der Waals surface area (Å²) in [6, 6.07) is 5.61. The Kier molecular flexibility index (Phi) is 6.22. The molecule has 11 nitrogen and oxygen atoms in total. The van der Waals surface area contributed by atoms with Crippen molar-refractivity contribution in [3.63, 3.8) is 0 Å². The Hall–Kier alpha value is -3.30. The van der Waals surface area contributed by atoms with Crippen LogP contribution in [0.3, 0.4) is 0 Å². The molecule has 1 aromatic carbocycles. The molecule has 0 saturated carbocycles. The van der Waals surface area contributed by atoms with Crippen LogP contribution in [0.2, 0.25) is 0 Å². The molecule has 2 rings (SSSR count). The first-order chi connectivity index (χ1) is 12.9. The first-order valence-corrected chi connectivity index (χ1v) is 7.86. The summed E-state index contributed by atoms with van der Waals surface area (Å²) >= 11 is 0. The Morgan fingerprint density at radius 3 is 2.26 bits per heavy atom. The molecule has 0 radical (unpaired) electrons. The third kappa shape index (κ3) is 3.64. The van der Waals surface area contributed by atoms with Crippen molar-refractivity contribution in [3.05, 3.63) is 40.3 Å². The van der Waals surface area contributed by atoms with Crippen LogP contribution in [0.4, 0.5) is 5.69 Å². The average molecular weight is 377 g/mol. The Morgan fingerprint density at radius 2 is 1.78 bits per heavy atom. The Morgan fingerprint density at radius 1 is 1.19 bits per heavy atom. The molecule has 27 heavy (non-hydrogen) atoms. The summed E-state index contributed by atoms with van der Waals surface area (Å²) < 4.78 is 14.3. The molecule has 1 saturated heterocycles. The maximum absolute atomic E-state index is 12.6. The molecule has 1 aliphatic heterocycles. The topological polar surface area (TPSA) is 143 Å². The van der Waals surface area contributed by atoms with Gasteiger partial charge in [-0.3, -0.25) is 5.32 Å². The number of benzene rings is 1. The summed E-state index contributed by atoms with van der Waals surface area (Å²) in [6.07, 6.45) is 0. The van der Waals surface area contributed by atoms with Crippen LogP contribution in [0.25, 0.3) is 10.4 Å². The molecule has 1 aliphatic rings. The van der Waals surface area contributed by atoms with Gasteiger partial charge in [-0.25, -0.2) is 14.4 Å². The van der Waals surface area contributed by atoms with Gasteiger partial charge in [-0.1, -0.05) is 5.11 Å². The third-order valence-electron chi connectivity index (χ3n) is 4.15. The molecule has 0 spiro atoms. The highest BCUT2D eigenvalue weighted by atomic mass is 16.6. The number of carbonyl (C=O) groups is 3. The van der Waals surface area contributed by atoms with Gasteiger partial charge in [0.1, 0.15) is 0 Å². The largest absolute Gasteiger partial charge is 0.466 e. The van der Waals surface area contributed by atoms with Gasteiger partial charge in [0.15, 0.2) is 0 Å². The second-order valence-electron chi connectivity index (χ2n) is 5.60. The lowest BCUT2D eigenvalue weighted by atomic mass is 10.1. The van der Waals surface area contributed by atoms with Gasteiger partial charge in [-0.15, -0.1) is 0 Å². The normalized spacial score (nSPS) is 17.6. The van der Waals surface area contributed by atoms with Crippen molar-refractivity contribution in [2.45, 2.75) is 11.7 Å². The molecule has 1 aromatic rings. The van der Waals surface area contributed by atoms with Gasteiger partial charge >= 0.3 is 17.9 Å². The SMILES string of the molecule is COC(=O)c1ccc(N2C[C@@H](CN=[N+]=[N-])NC2(C(=O)OC)C(=O)OC)cc1. The van der Waals surface area contributed by atoms with Gasteiger partial charge in [0, 0.05) is 29.7 Å². The van der Waals surface area contributed by atoms with Crippen molar-refractivity contribution in [2.75, 3.05) is 39.3 Å². The monoisotopic (exact) mass is 377 g/mol. The maximum atomic E-state index is 12.6. The molecule has 0 unspecified atom stereocenters. The Balaban J connectivity index is 2.50. The number of esters is 3. The molecule has 144 valence electrons. The number of nitrogens with zero attached hydrogens (tertiary/aromatic N) is 4. The number of rotatable bonds is 6. The summed E-state index contributed by atoms with van der Waals surface area (Å²) in [5.74, 6) is -2.28. The maximum Gasteiger partial charge on any atom is 0.359 e. The predicted molar refractivity (Wildman–Crippen MR) is 92.8 cm³/mol. The number of anilines is 1. The zero-order valence-electron chi connectivity index (χ0n) is 15.0. The molecule has 0 aliphatic carbocycles. The summed E-state index contributed by atoms with van der Waals surface area (Å²) in [7, 11) is 3.56. The average Bonchev–Trinajstić information content (AvgIpc) is 3.11.